The molecule has 1 aliphatic heterocycles. The molecule has 1 atom stereocenters. The second-order valence-corrected chi connectivity index (χ2v) is 6.26. The summed E-state index contributed by atoms with van der Waals surface area (Å²) in [6.45, 7) is 3.73. The normalized spacial score (nSPS) is 17.8. The molecule has 128 valence electrons. The van der Waals surface area contributed by atoms with Gasteiger partial charge in [0.2, 0.25) is 0 Å². The van der Waals surface area contributed by atoms with Gasteiger partial charge in [0, 0.05) is 44.5 Å². The van der Waals surface area contributed by atoms with E-state index in [-0.39, 0.29) is 23.4 Å². The maximum Gasteiger partial charge on any atom is 0.293 e. The smallest absolute Gasteiger partial charge is 0.293 e. The molecule has 1 amide bonds. The van der Waals surface area contributed by atoms with Crippen molar-refractivity contribution in [2.24, 2.45) is 7.05 Å². The predicted molar refractivity (Wildman–Crippen MR) is 90.5 cm³/mol. The molecule has 1 fully saturated rings. The van der Waals surface area contributed by atoms with E-state index in [9.17, 15) is 9.59 Å². The maximum absolute atomic E-state index is 12.6. The van der Waals surface area contributed by atoms with Crippen LogP contribution in [0.15, 0.2) is 22.6 Å². The van der Waals surface area contributed by atoms with Gasteiger partial charge in [0.05, 0.1) is 24.0 Å². The van der Waals surface area contributed by atoms with Crippen LogP contribution in [0.4, 0.5) is 5.82 Å². The summed E-state index contributed by atoms with van der Waals surface area (Å²) < 4.78 is 11.3. The van der Waals surface area contributed by atoms with E-state index in [1.807, 2.05) is 6.92 Å². The molecular formula is C15H19N5O3S. The summed E-state index contributed by atoms with van der Waals surface area (Å²) in [5, 5.41) is 4.79. The molecule has 0 saturated carbocycles. The van der Waals surface area contributed by atoms with Crippen LogP contribution in [0.5, 0.6) is 0 Å². The number of morpholine rings is 1. The number of aryl methyl sites for hydroxylation is 2. The molecule has 8 nitrogen and oxygen atoms in total. The number of nitrogens with one attached hydrogen (secondary N) is 1. The molecule has 24 heavy (non-hydrogen) atoms. The van der Waals surface area contributed by atoms with E-state index < -0.39 is 0 Å². The lowest BCUT2D eigenvalue weighted by atomic mass is 10.2. The summed E-state index contributed by atoms with van der Waals surface area (Å²) >= 11 is 1.28. The minimum absolute atomic E-state index is 0.0247. The lowest BCUT2D eigenvalue weighted by molar-refractivity contribution is -0.0150. The average molecular weight is 349 g/mol. The summed E-state index contributed by atoms with van der Waals surface area (Å²) in [5.74, 6) is 0.258. The molecule has 9 heteroatoms. The first-order chi connectivity index (χ1) is 11.6. The van der Waals surface area contributed by atoms with Gasteiger partial charge in [-0.05, 0) is 18.5 Å². The number of rotatable bonds is 4. The van der Waals surface area contributed by atoms with Crippen molar-refractivity contribution >= 4 is 23.3 Å². The number of ether oxygens (including phenoxy) is 1. The lowest BCUT2D eigenvalue weighted by Gasteiger charge is -2.33. The predicted octanol–water partition coefficient (Wildman–Crippen LogP) is 0.498. The van der Waals surface area contributed by atoms with E-state index >= 15 is 0 Å². The van der Waals surface area contributed by atoms with Gasteiger partial charge in [-0.1, -0.05) is 0 Å². The summed E-state index contributed by atoms with van der Waals surface area (Å²) in [5.41, 5.74) is 1.21. The van der Waals surface area contributed by atoms with Crippen LogP contribution < -0.4 is 10.9 Å². The van der Waals surface area contributed by atoms with Crippen molar-refractivity contribution in [3.63, 3.8) is 0 Å². The molecule has 3 rings (SSSR count). The zero-order chi connectivity index (χ0) is 17.1. The van der Waals surface area contributed by atoms with Crippen molar-refractivity contribution in [1.82, 2.24) is 18.8 Å². The molecule has 1 aliphatic rings. The van der Waals surface area contributed by atoms with Crippen LogP contribution in [0.2, 0.25) is 0 Å². The number of nitrogens with zero attached hydrogens (tertiary/aromatic N) is 4. The molecule has 0 aliphatic carbocycles. The summed E-state index contributed by atoms with van der Waals surface area (Å²) in [7, 11) is 1.67. The zero-order valence-electron chi connectivity index (χ0n) is 13.6. The third-order valence-corrected chi connectivity index (χ3v) is 4.64. The summed E-state index contributed by atoms with van der Waals surface area (Å²) in [6, 6.07) is 0. The lowest BCUT2D eigenvalue weighted by Crippen LogP contribution is -2.48. The van der Waals surface area contributed by atoms with Gasteiger partial charge in [-0.25, -0.2) is 4.98 Å². The molecule has 2 aromatic heterocycles. The van der Waals surface area contributed by atoms with E-state index in [0.29, 0.717) is 31.8 Å². The van der Waals surface area contributed by atoms with E-state index in [4.69, 9.17) is 4.74 Å². The van der Waals surface area contributed by atoms with Crippen LogP contribution in [0.25, 0.3) is 0 Å². The topological polar surface area (TPSA) is 89.3 Å². The first-order valence-corrected chi connectivity index (χ1v) is 8.47. The van der Waals surface area contributed by atoms with Crippen LogP contribution in [0.1, 0.15) is 16.1 Å². The third kappa shape index (κ3) is 3.46. The minimum atomic E-state index is -0.193. The molecule has 3 heterocycles. The Labute approximate surface area is 143 Å². The monoisotopic (exact) mass is 349 g/mol. The number of anilines is 1. The second-order valence-electron chi connectivity index (χ2n) is 5.63. The van der Waals surface area contributed by atoms with E-state index in [2.05, 4.69) is 14.7 Å². The molecule has 0 bridgehead atoms. The molecule has 0 unspecified atom stereocenters. The standard InChI is InChI=1S/C15H19N5O3S/c1-10-12(9-24-18-10)14(21)20-5-6-23-11(8-20)7-17-13-15(22)19(2)4-3-16-13/h3-4,9,11H,5-8H2,1-2H3,(H,16,17)/t11-/m1/s1. The van der Waals surface area contributed by atoms with Gasteiger partial charge < -0.3 is 19.5 Å². The SMILES string of the molecule is Cc1nscc1C(=O)N1CCO[C@H](CNc2nccn(C)c2=O)C1. The van der Waals surface area contributed by atoms with Gasteiger partial charge in [0.25, 0.3) is 11.5 Å². The first kappa shape index (κ1) is 16.6. The maximum atomic E-state index is 12.6. The summed E-state index contributed by atoms with van der Waals surface area (Å²) in [6.07, 6.45) is 2.97. The Morgan fingerprint density at radius 3 is 3.12 bits per heavy atom. The van der Waals surface area contributed by atoms with Crippen molar-refractivity contribution in [3.8, 4) is 0 Å². The molecule has 1 saturated heterocycles. The molecule has 0 aromatic carbocycles. The fraction of sp³-hybridized carbons (Fsp3) is 0.467. The Morgan fingerprint density at radius 2 is 2.38 bits per heavy atom. The van der Waals surface area contributed by atoms with Crippen molar-refractivity contribution < 1.29 is 9.53 Å². The van der Waals surface area contributed by atoms with Gasteiger partial charge in [-0.3, -0.25) is 9.59 Å². The number of hydrogen-bond acceptors (Lipinski definition) is 7. The van der Waals surface area contributed by atoms with E-state index in [1.54, 1.807) is 29.7 Å². The van der Waals surface area contributed by atoms with Crippen LogP contribution in [0, 0.1) is 6.92 Å². The van der Waals surface area contributed by atoms with Gasteiger partial charge in [0.1, 0.15) is 0 Å². The third-order valence-electron chi connectivity index (χ3n) is 3.92. The Hall–Kier alpha value is -2.26. The fourth-order valence-corrected chi connectivity index (χ4v) is 3.21. The highest BCUT2D eigenvalue weighted by atomic mass is 32.1. The zero-order valence-corrected chi connectivity index (χ0v) is 14.4. The van der Waals surface area contributed by atoms with E-state index in [0.717, 1.165) is 5.69 Å². The Kier molecular flexibility index (Phi) is 4.91. The Morgan fingerprint density at radius 1 is 1.54 bits per heavy atom. The fourth-order valence-electron chi connectivity index (χ4n) is 2.52. The highest BCUT2D eigenvalue weighted by molar-refractivity contribution is 7.03. The van der Waals surface area contributed by atoms with Crippen LogP contribution in [-0.4, -0.2) is 57.1 Å². The van der Waals surface area contributed by atoms with Gasteiger partial charge in [-0.15, -0.1) is 0 Å². The van der Waals surface area contributed by atoms with Crippen molar-refractivity contribution in [1.29, 1.82) is 0 Å². The first-order valence-electron chi connectivity index (χ1n) is 7.63. The van der Waals surface area contributed by atoms with Gasteiger partial charge in [-0.2, -0.15) is 4.37 Å². The highest BCUT2D eigenvalue weighted by Gasteiger charge is 2.26. The number of amides is 1. The minimum Gasteiger partial charge on any atom is -0.373 e. The molecule has 0 spiro atoms. The Bertz CT molecular complexity index is 787. The van der Waals surface area contributed by atoms with Crippen LogP contribution in [-0.2, 0) is 11.8 Å². The van der Waals surface area contributed by atoms with Crippen molar-refractivity contribution in [3.05, 3.63) is 39.4 Å². The van der Waals surface area contributed by atoms with Crippen LogP contribution >= 0.6 is 11.5 Å². The molecule has 2 aromatic rings. The highest BCUT2D eigenvalue weighted by Crippen LogP contribution is 2.15. The summed E-state index contributed by atoms with van der Waals surface area (Å²) in [4.78, 5) is 30.3. The van der Waals surface area contributed by atoms with Crippen molar-refractivity contribution in [2.45, 2.75) is 13.0 Å². The van der Waals surface area contributed by atoms with Gasteiger partial charge in [0.15, 0.2) is 5.82 Å². The number of aromatic nitrogens is 3. The molecule has 1 N–H and O–H groups in total. The molecular weight excluding hydrogens is 330 g/mol. The second kappa shape index (κ2) is 7.10. The Balaban J connectivity index is 1.62. The average Bonchev–Trinajstić information content (AvgIpc) is 3.02. The van der Waals surface area contributed by atoms with E-state index in [1.165, 1.54) is 16.1 Å². The number of carbonyl (C=O) groups excluding carboxylic acids is 1. The van der Waals surface area contributed by atoms with Crippen molar-refractivity contribution in [2.75, 3.05) is 31.6 Å². The quantitative estimate of drug-likeness (QED) is 0.864. The van der Waals surface area contributed by atoms with Crippen LogP contribution in [0.3, 0.4) is 0 Å². The largest absolute Gasteiger partial charge is 0.373 e. The van der Waals surface area contributed by atoms with Gasteiger partial charge >= 0.3 is 0 Å². The molecule has 0 radical (unpaired) electrons. The number of hydrogen-bond donors (Lipinski definition) is 1. The number of carbonyl (C=O) groups is 1.